The summed E-state index contributed by atoms with van der Waals surface area (Å²) in [6, 6.07) is 4.16. The molecule has 0 aromatic heterocycles. The maximum atomic E-state index is 5.35. The first-order chi connectivity index (χ1) is 12.1. The fraction of sp³-hybridized carbons (Fsp3) is 0.556. The molecule has 0 aliphatic heterocycles. The summed E-state index contributed by atoms with van der Waals surface area (Å²) in [6.07, 6.45) is 6.94. The minimum absolute atomic E-state index is 0.495. The van der Waals surface area contributed by atoms with Crippen molar-refractivity contribution in [2.45, 2.75) is 31.7 Å². The van der Waals surface area contributed by atoms with E-state index in [2.05, 4.69) is 15.8 Å². The van der Waals surface area contributed by atoms with Gasteiger partial charge in [-0.1, -0.05) is 6.42 Å². The quantitative estimate of drug-likeness (QED) is 0.460. The fourth-order valence-electron chi connectivity index (χ4n) is 3.96. The normalized spacial score (nSPS) is 24.4. The number of thiocarbonyl (C=S) groups is 1. The van der Waals surface area contributed by atoms with Gasteiger partial charge in [-0.2, -0.15) is 5.10 Å². The maximum absolute atomic E-state index is 5.35. The average Bonchev–Trinajstić information content (AvgIpc) is 3.23. The molecule has 3 atom stereocenters. The Labute approximate surface area is 153 Å². The monoisotopic (exact) mass is 363 g/mol. The predicted octanol–water partition coefficient (Wildman–Crippen LogP) is 2.70. The predicted molar refractivity (Wildman–Crippen MR) is 102 cm³/mol. The van der Waals surface area contributed by atoms with E-state index in [0.29, 0.717) is 28.4 Å². The van der Waals surface area contributed by atoms with Crippen molar-refractivity contribution < 1.29 is 14.2 Å². The van der Waals surface area contributed by atoms with Crippen molar-refractivity contribution in [1.82, 2.24) is 10.7 Å². The number of hydrazone groups is 1. The van der Waals surface area contributed by atoms with Gasteiger partial charge in [-0.15, -0.1) is 0 Å². The summed E-state index contributed by atoms with van der Waals surface area (Å²) in [5.41, 5.74) is 3.72. The van der Waals surface area contributed by atoms with Crippen LogP contribution in [0.15, 0.2) is 17.2 Å². The third kappa shape index (κ3) is 3.98. The van der Waals surface area contributed by atoms with E-state index in [9.17, 15) is 0 Å². The maximum Gasteiger partial charge on any atom is 0.203 e. The molecule has 0 radical (unpaired) electrons. The fourth-order valence-corrected chi connectivity index (χ4v) is 4.17. The second-order valence-electron chi connectivity index (χ2n) is 6.58. The van der Waals surface area contributed by atoms with Gasteiger partial charge < -0.3 is 19.5 Å². The van der Waals surface area contributed by atoms with Crippen LogP contribution in [0.4, 0.5) is 0 Å². The van der Waals surface area contributed by atoms with E-state index >= 15 is 0 Å². The minimum atomic E-state index is 0.495. The molecule has 0 amide bonds. The van der Waals surface area contributed by atoms with Crippen LogP contribution in [-0.4, -0.2) is 38.7 Å². The summed E-state index contributed by atoms with van der Waals surface area (Å²) >= 11 is 5.35. The largest absolute Gasteiger partial charge is 0.493 e. The second-order valence-corrected chi connectivity index (χ2v) is 6.99. The van der Waals surface area contributed by atoms with Crippen LogP contribution in [0.2, 0.25) is 0 Å². The van der Waals surface area contributed by atoms with E-state index in [4.69, 9.17) is 26.4 Å². The lowest BCUT2D eigenvalue weighted by Crippen LogP contribution is -2.42. The molecular weight excluding hydrogens is 338 g/mol. The molecule has 136 valence electrons. The van der Waals surface area contributed by atoms with Crippen LogP contribution in [0.3, 0.4) is 0 Å². The third-order valence-corrected chi connectivity index (χ3v) is 5.33. The molecule has 1 aromatic carbocycles. The van der Waals surface area contributed by atoms with Gasteiger partial charge in [0.05, 0.1) is 27.5 Å². The van der Waals surface area contributed by atoms with E-state index < -0.39 is 0 Å². The lowest BCUT2D eigenvalue weighted by molar-refractivity contribution is 0.324. The standard InChI is InChI=1S/C18H25N3O3S/c1-22-15-8-12(9-16(23-2)17(15)24-3)10-19-21-18(25)20-14-7-11-4-5-13(14)6-11/h8-11,13-14H,4-7H2,1-3H3,(H2,20,21,25)/b19-10-/t11-,13+,14+/m0/s1. The molecule has 7 heteroatoms. The molecule has 2 bridgehead atoms. The van der Waals surface area contributed by atoms with E-state index in [0.717, 1.165) is 17.4 Å². The molecule has 2 N–H and O–H groups in total. The highest BCUT2D eigenvalue weighted by Crippen LogP contribution is 2.44. The van der Waals surface area contributed by atoms with Crippen molar-refractivity contribution in [3.63, 3.8) is 0 Å². The molecule has 2 aliphatic carbocycles. The Hall–Kier alpha value is -2.02. The Bertz CT molecular complexity index is 640. The summed E-state index contributed by atoms with van der Waals surface area (Å²) in [4.78, 5) is 0. The molecule has 0 heterocycles. The molecule has 0 saturated heterocycles. The molecule has 0 spiro atoms. The van der Waals surface area contributed by atoms with Crippen LogP contribution < -0.4 is 25.0 Å². The summed E-state index contributed by atoms with van der Waals surface area (Å²) < 4.78 is 16.0. The summed E-state index contributed by atoms with van der Waals surface area (Å²) in [6.45, 7) is 0. The lowest BCUT2D eigenvalue weighted by Gasteiger charge is -2.23. The minimum Gasteiger partial charge on any atom is -0.493 e. The number of fused-ring (bicyclic) bond motifs is 2. The molecule has 3 rings (SSSR count). The van der Waals surface area contributed by atoms with Crippen molar-refractivity contribution in [3.05, 3.63) is 17.7 Å². The topological polar surface area (TPSA) is 64.1 Å². The number of hydrogen-bond acceptors (Lipinski definition) is 5. The van der Waals surface area contributed by atoms with Gasteiger partial charge in [0.2, 0.25) is 5.75 Å². The van der Waals surface area contributed by atoms with Gasteiger partial charge >= 0.3 is 0 Å². The molecular formula is C18H25N3O3S. The number of ether oxygens (including phenoxy) is 3. The molecule has 1 aromatic rings. The highest BCUT2D eigenvalue weighted by molar-refractivity contribution is 7.80. The first-order valence-corrected chi connectivity index (χ1v) is 8.95. The van der Waals surface area contributed by atoms with Crippen molar-refractivity contribution in [2.24, 2.45) is 16.9 Å². The second kappa shape index (κ2) is 7.91. The molecule has 6 nitrogen and oxygen atoms in total. The van der Waals surface area contributed by atoms with Crippen molar-refractivity contribution in [1.29, 1.82) is 0 Å². The Morgan fingerprint density at radius 2 is 1.84 bits per heavy atom. The highest BCUT2D eigenvalue weighted by atomic mass is 32.1. The zero-order chi connectivity index (χ0) is 17.8. The first kappa shape index (κ1) is 17.8. The van der Waals surface area contributed by atoms with Crippen LogP contribution in [0.5, 0.6) is 17.2 Å². The SMILES string of the molecule is COc1cc(/C=N\NC(=S)N[C@@H]2C[C@H]3CC[C@@H]2C3)cc(OC)c1OC. The molecule has 2 aliphatic rings. The Balaban J connectivity index is 1.59. The van der Waals surface area contributed by atoms with Gasteiger partial charge in [-0.25, -0.2) is 0 Å². The van der Waals surface area contributed by atoms with Crippen LogP contribution in [0.25, 0.3) is 0 Å². The average molecular weight is 363 g/mol. The Morgan fingerprint density at radius 3 is 2.36 bits per heavy atom. The zero-order valence-electron chi connectivity index (χ0n) is 14.9. The van der Waals surface area contributed by atoms with E-state index in [-0.39, 0.29) is 0 Å². The molecule has 2 fully saturated rings. The highest BCUT2D eigenvalue weighted by Gasteiger charge is 2.39. The van der Waals surface area contributed by atoms with Crippen LogP contribution in [0.1, 0.15) is 31.2 Å². The van der Waals surface area contributed by atoms with Crippen molar-refractivity contribution in [3.8, 4) is 17.2 Å². The molecule has 2 saturated carbocycles. The molecule has 0 unspecified atom stereocenters. The van der Waals surface area contributed by atoms with E-state index in [1.54, 1.807) is 27.5 Å². The van der Waals surface area contributed by atoms with E-state index in [1.807, 2.05) is 12.1 Å². The van der Waals surface area contributed by atoms with Crippen LogP contribution >= 0.6 is 12.2 Å². The molecule has 25 heavy (non-hydrogen) atoms. The van der Waals surface area contributed by atoms with Crippen molar-refractivity contribution >= 4 is 23.5 Å². The summed E-state index contributed by atoms with van der Waals surface area (Å²) in [7, 11) is 4.76. The van der Waals surface area contributed by atoms with Gasteiger partial charge in [-0.3, -0.25) is 5.43 Å². The smallest absolute Gasteiger partial charge is 0.203 e. The van der Waals surface area contributed by atoms with Gasteiger partial charge in [0.25, 0.3) is 0 Å². The van der Waals surface area contributed by atoms with Gasteiger partial charge in [0.1, 0.15) is 0 Å². The number of nitrogens with one attached hydrogen (secondary N) is 2. The zero-order valence-corrected chi connectivity index (χ0v) is 15.7. The summed E-state index contributed by atoms with van der Waals surface area (Å²) in [5.74, 6) is 3.39. The third-order valence-electron chi connectivity index (χ3n) is 5.12. The first-order valence-electron chi connectivity index (χ1n) is 8.54. The number of benzene rings is 1. The lowest BCUT2D eigenvalue weighted by atomic mass is 9.96. The Morgan fingerprint density at radius 1 is 1.12 bits per heavy atom. The van der Waals surface area contributed by atoms with Gasteiger partial charge in [-0.05, 0) is 55.4 Å². The van der Waals surface area contributed by atoms with Crippen LogP contribution in [-0.2, 0) is 0 Å². The number of methoxy groups -OCH3 is 3. The van der Waals surface area contributed by atoms with Gasteiger partial charge in [0, 0.05) is 11.6 Å². The number of hydrogen-bond donors (Lipinski definition) is 2. The van der Waals surface area contributed by atoms with Crippen molar-refractivity contribution in [2.75, 3.05) is 21.3 Å². The van der Waals surface area contributed by atoms with Gasteiger partial charge in [0.15, 0.2) is 16.6 Å². The Kier molecular flexibility index (Phi) is 5.63. The van der Waals surface area contributed by atoms with Crippen LogP contribution in [0, 0.1) is 11.8 Å². The number of rotatable bonds is 6. The van der Waals surface area contributed by atoms with E-state index in [1.165, 1.54) is 25.7 Å². The summed E-state index contributed by atoms with van der Waals surface area (Å²) in [5, 5.41) is 8.19. The number of nitrogens with zero attached hydrogens (tertiary/aromatic N) is 1.